The van der Waals surface area contributed by atoms with E-state index in [1.165, 1.54) is 0 Å². The second-order valence-electron chi connectivity index (χ2n) is 5.05. The molecule has 1 aliphatic heterocycles. The van der Waals surface area contributed by atoms with Crippen molar-refractivity contribution in [1.29, 1.82) is 0 Å². The van der Waals surface area contributed by atoms with Crippen molar-refractivity contribution < 1.29 is 9.84 Å². The Morgan fingerprint density at radius 1 is 1.25 bits per heavy atom. The van der Waals surface area contributed by atoms with E-state index in [-0.39, 0.29) is 6.10 Å². The van der Waals surface area contributed by atoms with Gasteiger partial charge in [-0.15, -0.1) is 0 Å². The standard InChI is InChI=1S/C15H19N3O2/c19-14-3-1-13(2-4-14)15-11-17(9-10-20-15)7-8-18-6-5-16-12-18/h1-6,12,15,19H,7-11H2. The summed E-state index contributed by atoms with van der Waals surface area (Å²) < 4.78 is 7.92. The fraction of sp³-hybridized carbons (Fsp3) is 0.400. The predicted molar refractivity (Wildman–Crippen MR) is 75.5 cm³/mol. The van der Waals surface area contributed by atoms with Gasteiger partial charge in [-0.2, -0.15) is 0 Å². The lowest BCUT2D eigenvalue weighted by Crippen LogP contribution is -2.39. The van der Waals surface area contributed by atoms with E-state index >= 15 is 0 Å². The largest absolute Gasteiger partial charge is 0.508 e. The summed E-state index contributed by atoms with van der Waals surface area (Å²) in [7, 11) is 0. The molecule has 1 fully saturated rings. The summed E-state index contributed by atoms with van der Waals surface area (Å²) in [4.78, 5) is 6.46. The molecule has 5 nitrogen and oxygen atoms in total. The molecule has 1 unspecified atom stereocenters. The Kier molecular flexibility index (Phi) is 3.99. The van der Waals surface area contributed by atoms with E-state index < -0.39 is 0 Å². The summed E-state index contributed by atoms with van der Waals surface area (Å²) in [6.07, 6.45) is 5.72. The number of hydrogen-bond acceptors (Lipinski definition) is 4. The van der Waals surface area contributed by atoms with Gasteiger partial charge in [-0.3, -0.25) is 4.90 Å². The van der Waals surface area contributed by atoms with Crippen molar-refractivity contribution in [1.82, 2.24) is 14.5 Å². The highest BCUT2D eigenvalue weighted by Gasteiger charge is 2.21. The van der Waals surface area contributed by atoms with Crippen LogP contribution in [0.25, 0.3) is 0 Å². The van der Waals surface area contributed by atoms with Crippen LogP contribution in [0.15, 0.2) is 43.0 Å². The van der Waals surface area contributed by atoms with Crippen molar-refractivity contribution in [2.24, 2.45) is 0 Å². The molecule has 20 heavy (non-hydrogen) atoms. The van der Waals surface area contributed by atoms with Crippen LogP contribution in [0.4, 0.5) is 0 Å². The van der Waals surface area contributed by atoms with Crippen molar-refractivity contribution in [3.8, 4) is 5.75 Å². The van der Waals surface area contributed by atoms with E-state index in [9.17, 15) is 5.11 Å². The zero-order chi connectivity index (χ0) is 13.8. The van der Waals surface area contributed by atoms with Crippen LogP contribution >= 0.6 is 0 Å². The fourth-order valence-electron chi connectivity index (χ4n) is 2.47. The Morgan fingerprint density at radius 2 is 2.10 bits per heavy atom. The first-order chi connectivity index (χ1) is 9.81. The highest BCUT2D eigenvalue weighted by atomic mass is 16.5. The third-order valence-electron chi connectivity index (χ3n) is 3.65. The first-order valence-corrected chi connectivity index (χ1v) is 6.90. The Hall–Kier alpha value is -1.85. The van der Waals surface area contributed by atoms with Gasteiger partial charge in [-0.05, 0) is 17.7 Å². The van der Waals surface area contributed by atoms with Crippen LogP contribution < -0.4 is 0 Å². The maximum Gasteiger partial charge on any atom is 0.115 e. The molecule has 0 spiro atoms. The van der Waals surface area contributed by atoms with Crippen LogP contribution in [0.5, 0.6) is 5.75 Å². The summed E-state index contributed by atoms with van der Waals surface area (Å²) >= 11 is 0. The Balaban J connectivity index is 1.57. The monoisotopic (exact) mass is 273 g/mol. The predicted octanol–water partition coefficient (Wildman–Crippen LogP) is 1.66. The van der Waals surface area contributed by atoms with Crippen LogP contribution in [0.2, 0.25) is 0 Å². The van der Waals surface area contributed by atoms with Crippen molar-refractivity contribution in [2.45, 2.75) is 12.6 Å². The molecule has 106 valence electrons. The number of phenolic OH excluding ortho intramolecular Hbond substituents is 1. The molecule has 0 bridgehead atoms. The zero-order valence-electron chi connectivity index (χ0n) is 11.4. The number of ether oxygens (including phenoxy) is 1. The number of phenols is 1. The fourth-order valence-corrected chi connectivity index (χ4v) is 2.47. The lowest BCUT2D eigenvalue weighted by molar-refractivity contribution is -0.0308. The number of rotatable bonds is 4. The first kappa shape index (κ1) is 13.1. The third kappa shape index (κ3) is 3.18. The molecule has 1 aliphatic rings. The molecule has 0 saturated carbocycles. The van der Waals surface area contributed by atoms with Crippen LogP contribution in [0.1, 0.15) is 11.7 Å². The number of morpholine rings is 1. The first-order valence-electron chi connectivity index (χ1n) is 6.90. The lowest BCUT2D eigenvalue weighted by Gasteiger charge is -2.33. The third-order valence-corrected chi connectivity index (χ3v) is 3.65. The van der Waals surface area contributed by atoms with Gasteiger partial charge in [0.15, 0.2) is 0 Å². The summed E-state index contributed by atoms with van der Waals surface area (Å²) in [5, 5.41) is 9.34. The molecule has 0 radical (unpaired) electrons. The Bertz CT molecular complexity index is 525. The molecular formula is C15H19N3O2. The molecule has 1 saturated heterocycles. The van der Waals surface area contributed by atoms with Crippen LogP contribution in [0.3, 0.4) is 0 Å². The van der Waals surface area contributed by atoms with Gasteiger partial charge in [-0.25, -0.2) is 4.98 Å². The molecule has 0 aliphatic carbocycles. The van der Waals surface area contributed by atoms with Gasteiger partial charge in [0.2, 0.25) is 0 Å². The zero-order valence-corrected chi connectivity index (χ0v) is 11.4. The van der Waals surface area contributed by atoms with Gasteiger partial charge >= 0.3 is 0 Å². The van der Waals surface area contributed by atoms with Gasteiger partial charge in [0.1, 0.15) is 5.75 Å². The molecule has 1 aromatic heterocycles. The van der Waals surface area contributed by atoms with Gasteiger partial charge in [0.25, 0.3) is 0 Å². The van der Waals surface area contributed by atoms with E-state index in [4.69, 9.17) is 4.74 Å². The van der Waals surface area contributed by atoms with Crippen molar-refractivity contribution in [3.05, 3.63) is 48.5 Å². The van der Waals surface area contributed by atoms with E-state index in [2.05, 4.69) is 14.5 Å². The van der Waals surface area contributed by atoms with E-state index in [1.54, 1.807) is 18.3 Å². The average molecular weight is 273 g/mol. The quantitative estimate of drug-likeness (QED) is 0.920. The summed E-state index contributed by atoms with van der Waals surface area (Å²) in [5.41, 5.74) is 1.12. The molecule has 0 amide bonds. The van der Waals surface area contributed by atoms with E-state index in [0.29, 0.717) is 5.75 Å². The second kappa shape index (κ2) is 6.07. The molecule has 1 aromatic carbocycles. The van der Waals surface area contributed by atoms with Gasteiger partial charge < -0.3 is 14.4 Å². The minimum atomic E-state index is 0.0899. The van der Waals surface area contributed by atoms with Crippen LogP contribution in [0, 0.1) is 0 Å². The number of aromatic hydroxyl groups is 1. The average Bonchev–Trinajstić information content (AvgIpc) is 3.00. The molecule has 1 atom stereocenters. The van der Waals surface area contributed by atoms with E-state index in [1.807, 2.05) is 24.7 Å². The lowest BCUT2D eigenvalue weighted by atomic mass is 10.1. The van der Waals surface area contributed by atoms with Crippen molar-refractivity contribution >= 4 is 0 Å². The van der Waals surface area contributed by atoms with Crippen molar-refractivity contribution in [3.63, 3.8) is 0 Å². The summed E-state index contributed by atoms with van der Waals surface area (Å²) in [5.74, 6) is 0.293. The highest BCUT2D eigenvalue weighted by Crippen LogP contribution is 2.23. The number of nitrogens with zero attached hydrogens (tertiary/aromatic N) is 3. The number of imidazole rings is 1. The Labute approximate surface area is 118 Å². The molecular weight excluding hydrogens is 254 g/mol. The maximum atomic E-state index is 9.34. The van der Waals surface area contributed by atoms with E-state index in [0.717, 1.165) is 38.3 Å². The minimum Gasteiger partial charge on any atom is -0.508 e. The van der Waals surface area contributed by atoms with Crippen molar-refractivity contribution in [2.75, 3.05) is 26.2 Å². The second-order valence-corrected chi connectivity index (χ2v) is 5.05. The van der Waals surface area contributed by atoms with Crippen LogP contribution in [-0.2, 0) is 11.3 Å². The number of benzene rings is 1. The minimum absolute atomic E-state index is 0.0899. The van der Waals surface area contributed by atoms with Crippen LogP contribution in [-0.4, -0.2) is 45.8 Å². The Morgan fingerprint density at radius 3 is 2.85 bits per heavy atom. The van der Waals surface area contributed by atoms with Gasteiger partial charge in [-0.1, -0.05) is 12.1 Å². The summed E-state index contributed by atoms with van der Waals surface area (Å²) in [6, 6.07) is 7.28. The molecule has 5 heteroatoms. The molecule has 2 heterocycles. The normalized spacial score (nSPS) is 20.1. The SMILES string of the molecule is Oc1ccc(C2CN(CCn3ccnc3)CCO2)cc1. The van der Waals surface area contributed by atoms with Gasteiger partial charge in [0, 0.05) is 38.6 Å². The highest BCUT2D eigenvalue weighted by molar-refractivity contribution is 5.27. The summed E-state index contributed by atoms with van der Waals surface area (Å²) in [6.45, 7) is 4.54. The molecule has 1 N–H and O–H groups in total. The number of aromatic nitrogens is 2. The smallest absolute Gasteiger partial charge is 0.115 e. The van der Waals surface area contributed by atoms with Gasteiger partial charge in [0.05, 0.1) is 19.0 Å². The topological polar surface area (TPSA) is 50.5 Å². The maximum absolute atomic E-state index is 9.34. The molecule has 2 aromatic rings. The number of hydrogen-bond donors (Lipinski definition) is 1. The molecule has 3 rings (SSSR count).